The number of aliphatic hydroxyl groups is 1. The molecule has 1 fully saturated rings. The lowest BCUT2D eigenvalue weighted by Gasteiger charge is -2.15. The van der Waals surface area contributed by atoms with E-state index in [0.717, 1.165) is 18.5 Å². The molecule has 4 heteroatoms. The lowest BCUT2D eigenvalue weighted by molar-refractivity contribution is -0.129. The second-order valence-electron chi connectivity index (χ2n) is 4.22. The summed E-state index contributed by atoms with van der Waals surface area (Å²) in [6.07, 6.45) is 4.74. The van der Waals surface area contributed by atoms with Crippen molar-refractivity contribution in [3.8, 4) is 0 Å². The highest BCUT2D eigenvalue weighted by Crippen LogP contribution is 2.16. The molecular weight excluding hydrogens is 204 g/mol. The van der Waals surface area contributed by atoms with Gasteiger partial charge in [-0.3, -0.25) is 9.78 Å². The highest BCUT2D eigenvalue weighted by atomic mass is 16.3. The molecule has 1 aromatic heterocycles. The molecule has 0 aliphatic carbocycles. The molecule has 1 N–H and O–H groups in total. The molecule has 0 spiro atoms. The maximum Gasteiger partial charge on any atom is 0.227 e. The Morgan fingerprint density at radius 3 is 3.12 bits per heavy atom. The molecular formula is C12H16N2O2. The van der Waals surface area contributed by atoms with Crippen LogP contribution >= 0.6 is 0 Å². The van der Waals surface area contributed by atoms with E-state index < -0.39 is 0 Å². The Balaban J connectivity index is 1.90. The molecule has 0 aromatic carbocycles. The fraction of sp³-hybridized carbons (Fsp3) is 0.500. The predicted octanol–water partition coefficient (Wildman–Crippen LogP) is 0.465. The van der Waals surface area contributed by atoms with Crippen LogP contribution in [-0.2, 0) is 11.2 Å². The number of hydrogen-bond acceptors (Lipinski definition) is 3. The van der Waals surface area contributed by atoms with Gasteiger partial charge in [0.1, 0.15) is 0 Å². The van der Waals surface area contributed by atoms with Crippen molar-refractivity contribution in [1.29, 1.82) is 0 Å². The molecule has 2 rings (SSSR count). The van der Waals surface area contributed by atoms with Crippen LogP contribution in [0.3, 0.4) is 0 Å². The number of nitrogens with zero attached hydrogens (tertiary/aromatic N) is 2. The Kier molecular flexibility index (Phi) is 3.51. The molecule has 0 radical (unpaired) electrons. The fourth-order valence-electron chi connectivity index (χ4n) is 2.00. The summed E-state index contributed by atoms with van der Waals surface area (Å²) in [4.78, 5) is 17.7. The molecule has 1 aliphatic rings. The molecule has 1 unspecified atom stereocenters. The quantitative estimate of drug-likeness (QED) is 0.805. The third-order valence-electron chi connectivity index (χ3n) is 2.97. The number of aromatic nitrogens is 1. The van der Waals surface area contributed by atoms with E-state index >= 15 is 0 Å². The van der Waals surface area contributed by atoms with Crippen molar-refractivity contribution >= 4 is 5.91 Å². The highest BCUT2D eigenvalue weighted by molar-refractivity contribution is 5.78. The Morgan fingerprint density at radius 1 is 1.62 bits per heavy atom. The lowest BCUT2D eigenvalue weighted by atomic mass is 10.1. The second-order valence-corrected chi connectivity index (χ2v) is 4.22. The Hall–Kier alpha value is -1.42. The van der Waals surface area contributed by atoms with Gasteiger partial charge in [-0.2, -0.15) is 0 Å². The standard InChI is InChI=1S/C12H16N2O2/c15-9-11-3-5-14(8-11)12(16)6-10-2-1-4-13-7-10/h1-2,4,7,11,15H,3,5-6,8-9H2. The van der Waals surface area contributed by atoms with Crippen LogP contribution in [0.1, 0.15) is 12.0 Å². The molecule has 16 heavy (non-hydrogen) atoms. The molecule has 2 heterocycles. The minimum atomic E-state index is 0.129. The van der Waals surface area contributed by atoms with E-state index in [1.54, 1.807) is 12.4 Å². The van der Waals surface area contributed by atoms with Crippen LogP contribution < -0.4 is 0 Å². The van der Waals surface area contributed by atoms with Gasteiger partial charge >= 0.3 is 0 Å². The Bertz CT molecular complexity index is 353. The number of amides is 1. The average Bonchev–Trinajstić information content (AvgIpc) is 2.79. The Morgan fingerprint density at radius 2 is 2.50 bits per heavy atom. The van der Waals surface area contributed by atoms with E-state index in [2.05, 4.69) is 4.98 Å². The van der Waals surface area contributed by atoms with E-state index in [9.17, 15) is 4.79 Å². The summed E-state index contributed by atoms with van der Waals surface area (Å²) in [6.45, 7) is 1.64. The molecule has 1 atom stereocenters. The first-order valence-electron chi connectivity index (χ1n) is 5.57. The summed E-state index contributed by atoms with van der Waals surface area (Å²) in [7, 11) is 0. The second kappa shape index (κ2) is 5.07. The topological polar surface area (TPSA) is 53.4 Å². The van der Waals surface area contributed by atoms with Gasteiger partial charge in [-0.15, -0.1) is 0 Å². The minimum Gasteiger partial charge on any atom is -0.396 e. The van der Waals surface area contributed by atoms with Gasteiger partial charge in [-0.25, -0.2) is 0 Å². The van der Waals surface area contributed by atoms with E-state index in [-0.39, 0.29) is 18.4 Å². The van der Waals surface area contributed by atoms with Gasteiger partial charge in [0.05, 0.1) is 6.42 Å². The van der Waals surface area contributed by atoms with E-state index in [1.165, 1.54) is 0 Å². The van der Waals surface area contributed by atoms with Crippen LogP contribution in [0.4, 0.5) is 0 Å². The largest absolute Gasteiger partial charge is 0.396 e. The average molecular weight is 220 g/mol. The molecule has 4 nitrogen and oxygen atoms in total. The van der Waals surface area contributed by atoms with Crippen LogP contribution in [0.15, 0.2) is 24.5 Å². The normalized spacial score (nSPS) is 20.1. The minimum absolute atomic E-state index is 0.129. The monoisotopic (exact) mass is 220 g/mol. The summed E-state index contributed by atoms with van der Waals surface area (Å²) in [5.41, 5.74) is 0.944. The molecule has 86 valence electrons. The van der Waals surface area contributed by atoms with Crippen molar-refractivity contribution < 1.29 is 9.90 Å². The zero-order chi connectivity index (χ0) is 11.4. The number of rotatable bonds is 3. The molecule has 0 bridgehead atoms. The first-order chi connectivity index (χ1) is 7.79. The zero-order valence-electron chi connectivity index (χ0n) is 9.17. The van der Waals surface area contributed by atoms with Crippen LogP contribution in [0.25, 0.3) is 0 Å². The van der Waals surface area contributed by atoms with E-state index in [1.807, 2.05) is 17.0 Å². The van der Waals surface area contributed by atoms with Crippen LogP contribution in [0, 0.1) is 5.92 Å². The maximum atomic E-state index is 11.9. The van der Waals surface area contributed by atoms with Gasteiger partial charge in [-0.1, -0.05) is 6.07 Å². The van der Waals surface area contributed by atoms with Crippen LogP contribution in [0.2, 0.25) is 0 Å². The summed E-state index contributed by atoms with van der Waals surface area (Å²) < 4.78 is 0. The maximum absolute atomic E-state index is 11.9. The fourth-order valence-corrected chi connectivity index (χ4v) is 2.00. The number of carbonyl (C=O) groups is 1. The number of likely N-dealkylation sites (tertiary alicyclic amines) is 1. The molecule has 1 aliphatic heterocycles. The SMILES string of the molecule is O=C(Cc1cccnc1)N1CCC(CO)C1. The number of pyridine rings is 1. The smallest absolute Gasteiger partial charge is 0.227 e. The summed E-state index contributed by atoms with van der Waals surface area (Å²) in [5.74, 6) is 0.391. The number of hydrogen-bond donors (Lipinski definition) is 1. The van der Waals surface area contributed by atoms with Gasteiger partial charge in [-0.05, 0) is 18.1 Å². The van der Waals surface area contributed by atoms with Crippen molar-refractivity contribution in [3.05, 3.63) is 30.1 Å². The predicted molar refractivity (Wildman–Crippen MR) is 59.7 cm³/mol. The van der Waals surface area contributed by atoms with Gasteiger partial charge in [0, 0.05) is 38.0 Å². The van der Waals surface area contributed by atoms with Crippen molar-refractivity contribution in [2.24, 2.45) is 5.92 Å². The molecule has 1 saturated heterocycles. The molecule has 1 amide bonds. The summed E-state index contributed by atoms with van der Waals surface area (Å²) in [6, 6.07) is 3.74. The summed E-state index contributed by atoms with van der Waals surface area (Å²) in [5, 5.41) is 9.01. The molecule has 0 saturated carbocycles. The van der Waals surface area contributed by atoms with Crippen molar-refractivity contribution in [3.63, 3.8) is 0 Å². The third kappa shape index (κ3) is 2.58. The number of aliphatic hydroxyl groups excluding tert-OH is 1. The zero-order valence-corrected chi connectivity index (χ0v) is 9.17. The van der Waals surface area contributed by atoms with Crippen molar-refractivity contribution in [2.75, 3.05) is 19.7 Å². The summed E-state index contributed by atoms with van der Waals surface area (Å²) >= 11 is 0. The van der Waals surface area contributed by atoms with E-state index in [4.69, 9.17) is 5.11 Å². The first kappa shape index (κ1) is 11.1. The lowest BCUT2D eigenvalue weighted by Crippen LogP contribution is -2.30. The third-order valence-corrected chi connectivity index (χ3v) is 2.97. The van der Waals surface area contributed by atoms with Crippen molar-refractivity contribution in [2.45, 2.75) is 12.8 Å². The van der Waals surface area contributed by atoms with Crippen LogP contribution in [0.5, 0.6) is 0 Å². The number of carbonyl (C=O) groups excluding carboxylic acids is 1. The Labute approximate surface area is 94.9 Å². The van der Waals surface area contributed by atoms with Crippen molar-refractivity contribution in [1.82, 2.24) is 9.88 Å². The van der Waals surface area contributed by atoms with Crippen LogP contribution in [-0.4, -0.2) is 40.6 Å². The highest BCUT2D eigenvalue weighted by Gasteiger charge is 2.25. The van der Waals surface area contributed by atoms with Gasteiger partial charge in [0.15, 0.2) is 0 Å². The molecule has 1 aromatic rings. The first-order valence-corrected chi connectivity index (χ1v) is 5.57. The van der Waals surface area contributed by atoms with Gasteiger partial charge in [0.25, 0.3) is 0 Å². The van der Waals surface area contributed by atoms with Gasteiger partial charge in [0.2, 0.25) is 5.91 Å². The van der Waals surface area contributed by atoms with Gasteiger partial charge < -0.3 is 10.0 Å². The van der Waals surface area contributed by atoms with E-state index in [0.29, 0.717) is 13.0 Å².